The Morgan fingerprint density at radius 2 is 1.34 bits per heavy atom. The number of rotatable bonds is 5. The highest BCUT2D eigenvalue weighted by Crippen LogP contribution is 2.30. The summed E-state index contributed by atoms with van der Waals surface area (Å²) in [5, 5.41) is 1.91. The fraction of sp³-hybridized carbons (Fsp3) is 0.308. The topological polar surface area (TPSA) is 43.9 Å². The molecule has 6 heteroatoms. The number of carbonyl (C=O) groups excluding carboxylic acids is 2. The highest BCUT2D eigenvalue weighted by molar-refractivity contribution is 7.12. The van der Waals surface area contributed by atoms with E-state index in [2.05, 4.69) is 53.4 Å². The highest BCUT2D eigenvalue weighted by atomic mass is 32.1. The van der Waals surface area contributed by atoms with Gasteiger partial charge in [-0.15, -0.1) is 11.3 Å². The van der Waals surface area contributed by atoms with Gasteiger partial charge >= 0.3 is 0 Å². The predicted octanol–water partition coefficient (Wildman–Crippen LogP) is 3.75. The first-order valence-electron chi connectivity index (χ1n) is 11.2. The number of carbonyl (C=O) groups is 2. The van der Waals surface area contributed by atoms with Crippen LogP contribution in [0.1, 0.15) is 26.8 Å². The molecule has 2 saturated heterocycles. The smallest absolute Gasteiger partial charge is 0.263 e. The first-order valence-corrected chi connectivity index (χ1v) is 12.0. The third-order valence-electron chi connectivity index (χ3n) is 6.47. The van der Waals surface area contributed by atoms with Crippen molar-refractivity contribution >= 4 is 23.2 Å². The monoisotopic (exact) mass is 445 g/mol. The van der Waals surface area contributed by atoms with Crippen molar-refractivity contribution in [1.29, 1.82) is 0 Å². The number of hydrogen-bond donors (Lipinski definition) is 0. The van der Waals surface area contributed by atoms with Crippen LogP contribution in [0.2, 0.25) is 0 Å². The molecule has 0 bridgehead atoms. The molecule has 0 radical (unpaired) electrons. The fourth-order valence-corrected chi connectivity index (χ4v) is 5.39. The second-order valence-corrected chi connectivity index (χ2v) is 9.42. The Morgan fingerprint density at radius 3 is 1.88 bits per heavy atom. The van der Waals surface area contributed by atoms with E-state index in [4.69, 9.17) is 0 Å². The lowest BCUT2D eigenvalue weighted by Crippen LogP contribution is -2.59. The summed E-state index contributed by atoms with van der Waals surface area (Å²) in [6.45, 7) is 4.20. The van der Waals surface area contributed by atoms with Crippen molar-refractivity contribution in [3.8, 4) is 0 Å². The van der Waals surface area contributed by atoms with Gasteiger partial charge in [0.1, 0.15) is 0 Å². The van der Waals surface area contributed by atoms with E-state index in [1.54, 1.807) is 4.90 Å². The molecular weight excluding hydrogens is 418 g/mol. The molecule has 32 heavy (non-hydrogen) atoms. The summed E-state index contributed by atoms with van der Waals surface area (Å²) < 4.78 is 0. The zero-order valence-electron chi connectivity index (χ0n) is 18.0. The molecule has 1 aromatic heterocycles. The maximum atomic E-state index is 13.0. The van der Waals surface area contributed by atoms with Gasteiger partial charge in [-0.1, -0.05) is 66.7 Å². The molecule has 5 nitrogen and oxygen atoms in total. The van der Waals surface area contributed by atoms with Crippen molar-refractivity contribution in [3.63, 3.8) is 0 Å². The third kappa shape index (κ3) is 4.20. The molecule has 0 unspecified atom stereocenters. The Hall–Kier alpha value is -2.96. The molecule has 0 N–H and O–H groups in total. The van der Waals surface area contributed by atoms with Crippen LogP contribution in [-0.2, 0) is 4.79 Å². The lowest BCUT2D eigenvalue weighted by atomic mass is 9.95. The summed E-state index contributed by atoms with van der Waals surface area (Å²) >= 11 is 1.45. The normalized spacial score (nSPS) is 17.4. The Kier molecular flexibility index (Phi) is 6.06. The lowest BCUT2D eigenvalue weighted by molar-refractivity contribution is -0.141. The zero-order valence-corrected chi connectivity index (χ0v) is 18.8. The van der Waals surface area contributed by atoms with Crippen molar-refractivity contribution in [2.45, 2.75) is 6.04 Å². The number of amides is 2. The molecule has 3 aromatic rings. The van der Waals surface area contributed by atoms with Crippen molar-refractivity contribution in [1.82, 2.24) is 14.7 Å². The average Bonchev–Trinajstić information content (AvgIpc) is 3.35. The number of likely N-dealkylation sites (tertiary alicyclic amines) is 1. The standard InChI is InChI=1S/C26H27N3O2S/c30-25(22-18-29(19-22)26(31)23-12-7-17-32-23)28-15-13-27(14-16-28)24(20-8-3-1-4-9-20)21-10-5-2-6-11-21/h1-12,17,22,24H,13-16,18-19H2. The molecule has 2 fully saturated rings. The number of thiophene rings is 1. The second kappa shape index (κ2) is 9.27. The van der Waals surface area contributed by atoms with E-state index in [1.807, 2.05) is 34.5 Å². The second-order valence-electron chi connectivity index (χ2n) is 8.47. The molecule has 0 aliphatic carbocycles. The quantitative estimate of drug-likeness (QED) is 0.601. The molecule has 0 saturated carbocycles. The first-order chi connectivity index (χ1) is 15.7. The molecule has 2 aliphatic rings. The summed E-state index contributed by atoms with van der Waals surface area (Å²) in [7, 11) is 0. The molecule has 2 amide bonds. The van der Waals surface area contributed by atoms with E-state index >= 15 is 0 Å². The molecular formula is C26H27N3O2S. The van der Waals surface area contributed by atoms with Gasteiger partial charge in [-0.3, -0.25) is 14.5 Å². The van der Waals surface area contributed by atoms with E-state index in [1.165, 1.54) is 22.5 Å². The van der Waals surface area contributed by atoms with E-state index in [0.717, 1.165) is 31.1 Å². The Bertz CT molecular complexity index is 1000. The fourth-order valence-electron chi connectivity index (χ4n) is 4.70. The molecule has 5 rings (SSSR count). The Balaban J connectivity index is 1.20. The van der Waals surface area contributed by atoms with Crippen LogP contribution in [0.5, 0.6) is 0 Å². The highest BCUT2D eigenvalue weighted by Gasteiger charge is 2.39. The molecule has 0 spiro atoms. The molecule has 0 atom stereocenters. The van der Waals surface area contributed by atoms with Gasteiger partial charge in [0.15, 0.2) is 0 Å². The number of nitrogens with zero attached hydrogens (tertiary/aromatic N) is 3. The van der Waals surface area contributed by atoms with Gasteiger partial charge in [-0.05, 0) is 22.6 Å². The average molecular weight is 446 g/mol. The maximum Gasteiger partial charge on any atom is 0.263 e. The minimum absolute atomic E-state index is 0.0439. The SMILES string of the molecule is O=C(c1cccs1)N1CC(C(=O)N2CCN(C(c3ccccc3)c3ccccc3)CC2)C1. The first kappa shape index (κ1) is 20.9. The van der Waals surface area contributed by atoms with E-state index in [0.29, 0.717) is 13.1 Å². The van der Waals surface area contributed by atoms with Gasteiger partial charge in [0, 0.05) is 39.3 Å². The summed E-state index contributed by atoms with van der Waals surface area (Å²) in [5.41, 5.74) is 2.56. The summed E-state index contributed by atoms with van der Waals surface area (Å²) in [6.07, 6.45) is 0. The Labute approximate surface area is 192 Å². The van der Waals surface area contributed by atoms with Crippen LogP contribution in [0.3, 0.4) is 0 Å². The van der Waals surface area contributed by atoms with Crippen LogP contribution in [0.25, 0.3) is 0 Å². The van der Waals surface area contributed by atoms with Crippen LogP contribution < -0.4 is 0 Å². The van der Waals surface area contributed by atoms with Crippen molar-refractivity contribution in [3.05, 3.63) is 94.2 Å². The van der Waals surface area contributed by atoms with Crippen LogP contribution >= 0.6 is 11.3 Å². The van der Waals surface area contributed by atoms with Gasteiger partial charge in [-0.25, -0.2) is 0 Å². The summed E-state index contributed by atoms with van der Waals surface area (Å²) in [4.78, 5) is 32.4. The maximum absolute atomic E-state index is 13.0. The predicted molar refractivity (Wildman–Crippen MR) is 127 cm³/mol. The van der Waals surface area contributed by atoms with Crippen molar-refractivity contribution < 1.29 is 9.59 Å². The minimum atomic E-state index is -0.0653. The number of hydrogen-bond acceptors (Lipinski definition) is 4. The van der Waals surface area contributed by atoms with E-state index in [-0.39, 0.29) is 23.8 Å². The van der Waals surface area contributed by atoms with Crippen LogP contribution in [0, 0.1) is 5.92 Å². The Morgan fingerprint density at radius 1 is 0.750 bits per heavy atom. The number of piperazine rings is 1. The van der Waals surface area contributed by atoms with Crippen LogP contribution in [0.15, 0.2) is 78.2 Å². The molecule has 3 heterocycles. The minimum Gasteiger partial charge on any atom is -0.340 e. The van der Waals surface area contributed by atoms with Gasteiger partial charge in [0.05, 0.1) is 16.8 Å². The summed E-state index contributed by atoms with van der Waals surface area (Å²) in [6, 6.07) is 25.1. The van der Waals surface area contributed by atoms with Gasteiger partial charge < -0.3 is 9.80 Å². The third-order valence-corrected chi connectivity index (χ3v) is 7.33. The summed E-state index contributed by atoms with van der Waals surface area (Å²) in [5.74, 6) is 0.169. The van der Waals surface area contributed by atoms with E-state index < -0.39 is 0 Å². The largest absolute Gasteiger partial charge is 0.340 e. The van der Waals surface area contributed by atoms with E-state index in [9.17, 15) is 9.59 Å². The van der Waals surface area contributed by atoms with Gasteiger partial charge in [0.2, 0.25) is 5.91 Å². The molecule has 164 valence electrons. The number of benzene rings is 2. The van der Waals surface area contributed by atoms with Gasteiger partial charge in [-0.2, -0.15) is 0 Å². The van der Waals surface area contributed by atoms with Gasteiger partial charge in [0.25, 0.3) is 5.91 Å². The van der Waals surface area contributed by atoms with Crippen molar-refractivity contribution in [2.75, 3.05) is 39.3 Å². The lowest BCUT2D eigenvalue weighted by Gasteiger charge is -2.44. The molecule has 2 aliphatic heterocycles. The van der Waals surface area contributed by atoms with Crippen LogP contribution in [-0.4, -0.2) is 65.8 Å². The molecule has 2 aromatic carbocycles. The zero-order chi connectivity index (χ0) is 21.9. The van der Waals surface area contributed by atoms with Crippen LogP contribution in [0.4, 0.5) is 0 Å². The van der Waals surface area contributed by atoms with Crippen molar-refractivity contribution in [2.24, 2.45) is 5.92 Å².